The Morgan fingerprint density at radius 1 is 1.00 bits per heavy atom. The first kappa shape index (κ1) is 11.6. The molecule has 0 unspecified atom stereocenters. The molecule has 0 N–H and O–H groups in total. The standard InChI is InChI=1S/C9H10.C4H10S/c1-2-5-9-7-3-6-8(9)4-1;1-4(2,3)5/h1-2,4-5H,3,6-7H2;5H,1-3H3. The molecule has 1 aliphatic carbocycles. The van der Waals surface area contributed by atoms with Crippen molar-refractivity contribution in [2.45, 2.75) is 44.8 Å². The van der Waals surface area contributed by atoms with Crippen molar-refractivity contribution in [3.8, 4) is 0 Å². The molecule has 0 bridgehead atoms. The lowest BCUT2D eigenvalue weighted by Crippen LogP contribution is -1.99. The summed E-state index contributed by atoms with van der Waals surface area (Å²) in [7, 11) is 0. The third-order valence-electron chi connectivity index (χ3n) is 2.01. The SMILES string of the molecule is CC(C)(C)S.c1ccc2c(c1)CCC2. The molecule has 0 amide bonds. The molecule has 14 heavy (non-hydrogen) atoms. The predicted octanol–water partition coefficient (Wildman–Crippen LogP) is 3.89. The Morgan fingerprint density at radius 3 is 1.71 bits per heavy atom. The van der Waals surface area contributed by atoms with Crippen molar-refractivity contribution in [1.82, 2.24) is 0 Å². The summed E-state index contributed by atoms with van der Waals surface area (Å²) >= 11 is 4.12. The molecule has 0 spiro atoms. The zero-order chi connectivity index (χ0) is 10.6. The van der Waals surface area contributed by atoms with E-state index in [4.69, 9.17) is 0 Å². The summed E-state index contributed by atoms with van der Waals surface area (Å²) in [6.45, 7) is 6.16. The normalized spacial score (nSPS) is 14.3. The molecule has 0 radical (unpaired) electrons. The van der Waals surface area contributed by atoms with Crippen LogP contribution in [0.25, 0.3) is 0 Å². The summed E-state index contributed by atoms with van der Waals surface area (Å²) in [5.41, 5.74) is 3.13. The lowest BCUT2D eigenvalue weighted by molar-refractivity contribution is 0.812. The summed E-state index contributed by atoms with van der Waals surface area (Å²) in [5, 5.41) is 0. The van der Waals surface area contributed by atoms with Gasteiger partial charge in [0.15, 0.2) is 0 Å². The molecule has 1 aromatic carbocycles. The Hall–Kier alpha value is -0.430. The number of aryl methyl sites for hydroxylation is 2. The molecule has 0 saturated carbocycles. The van der Waals surface area contributed by atoms with E-state index in [9.17, 15) is 0 Å². The highest BCUT2D eigenvalue weighted by molar-refractivity contribution is 7.81. The second-order valence-electron chi connectivity index (χ2n) is 4.79. The lowest BCUT2D eigenvalue weighted by Gasteiger charge is -2.04. The Labute approximate surface area is 93.1 Å². The molecule has 0 nitrogen and oxygen atoms in total. The molecule has 0 fully saturated rings. The summed E-state index contributed by atoms with van der Waals surface area (Å²) < 4.78 is 0.194. The minimum atomic E-state index is 0.194. The van der Waals surface area contributed by atoms with Gasteiger partial charge in [0.05, 0.1) is 0 Å². The molecule has 2 rings (SSSR count). The van der Waals surface area contributed by atoms with Crippen LogP contribution in [0.2, 0.25) is 0 Å². The fourth-order valence-electron chi connectivity index (χ4n) is 1.51. The maximum Gasteiger partial charge on any atom is 0.00449 e. The molecule has 1 aromatic rings. The van der Waals surface area contributed by atoms with E-state index in [0.29, 0.717) is 0 Å². The Morgan fingerprint density at radius 2 is 1.36 bits per heavy atom. The van der Waals surface area contributed by atoms with E-state index < -0.39 is 0 Å². The second kappa shape index (κ2) is 4.88. The van der Waals surface area contributed by atoms with E-state index in [1.807, 2.05) is 0 Å². The fraction of sp³-hybridized carbons (Fsp3) is 0.538. The van der Waals surface area contributed by atoms with Crippen LogP contribution in [-0.4, -0.2) is 4.75 Å². The number of hydrogen-bond donors (Lipinski definition) is 1. The topological polar surface area (TPSA) is 0 Å². The minimum absolute atomic E-state index is 0.194. The van der Waals surface area contributed by atoms with E-state index in [1.165, 1.54) is 19.3 Å². The third kappa shape index (κ3) is 4.71. The summed E-state index contributed by atoms with van der Waals surface area (Å²) in [6.07, 6.45) is 3.96. The third-order valence-corrected chi connectivity index (χ3v) is 2.01. The van der Waals surface area contributed by atoms with Crippen LogP contribution in [0.15, 0.2) is 24.3 Å². The van der Waals surface area contributed by atoms with Crippen molar-refractivity contribution in [2.75, 3.05) is 0 Å². The molecule has 78 valence electrons. The number of rotatable bonds is 0. The van der Waals surface area contributed by atoms with Gasteiger partial charge in [-0.2, -0.15) is 12.6 Å². The quantitative estimate of drug-likeness (QED) is 0.614. The van der Waals surface area contributed by atoms with Gasteiger partial charge in [0.25, 0.3) is 0 Å². The van der Waals surface area contributed by atoms with Crippen LogP contribution in [0.4, 0.5) is 0 Å². The highest BCUT2D eigenvalue weighted by atomic mass is 32.1. The first-order chi connectivity index (χ1) is 6.47. The Bertz CT molecular complexity index is 255. The number of benzene rings is 1. The molecule has 0 saturated heterocycles. The average Bonchev–Trinajstić information content (AvgIpc) is 2.47. The number of hydrogen-bond acceptors (Lipinski definition) is 1. The van der Waals surface area contributed by atoms with Gasteiger partial charge in [-0.15, -0.1) is 0 Å². The van der Waals surface area contributed by atoms with Crippen LogP contribution in [-0.2, 0) is 12.8 Å². The average molecular weight is 208 g/mol. The van der Waals surface area contributed by atoms with Crippen molar-refractivity contribution in [3.63, 3.8) is 0 Å². The first-order valence-corrected chi connectivity index (χ1v) is 5.71. The highest BCUT2D eigenvalue weighted by Crippen LogP contribution is 2.20. The van der Waals surface area contributed by atoms with Crippen molar-refractivity contribution in [2.24, 2.45) is 0 Å². The molecule has 0 aromatic heterocycles. The molecular weight excluding hydrogens is 188 g/mol. The Kier molecular flexibility index (Phi) is 4.06. The van der Waals surface area contributed by atoms with E-state index >= 15 is 0 Å². The van der Waals surface area contributed by atoms with Crippen LogP contribution < -0.4 is 0 Å². The maximum absolute atomic E-state index is 4.12. The molecule has 1 heteroatoms. The van der Waals surface area contributed by atoms with Crippen LogP contribution in [0.1, 0.15) is 38.3 Å². The number of fused-ring (bicyclic) bond motifs is 1. The largest absolute Gasteiger partial charge is 0.173 e. The minimum Gasteiger partial charge on any atom is -0.173 e. The van der Waals surface area contributed by atoms with Crippen molar-refractivity contribution in [1.29, 1.82) is 0 Å². The smallest absolute Gasteiger partial charge is 0.00449 e. The first-order valence-electron chi connectivity index (χ1n) is 5.26. The molecule has 0 heterocycles. The maximum atomic E-state index is 4.12. The summed E-state index contributed by atoms with van der Waals surface area (Å²) in [6, 6.07) is 8.74. The predicted molar refractivity (Wildman–Crippen MR) is 67.2 cm³/mol. The van der Waals surface area contributed by atoms with E-state index in [-0.39, 0.29) is 4.75 Å². The van der Waals surface area contributed by atoms with Crippen LogP contribution in [0.3, 0.4) is 0 Å². The molecule has 1 aliphatic rings. The van der Waals surface area contributed by atoms with Gasteiger partial charge >= 0.3 is 0 Å². The molecule has 0 atom stereocenters. The van der Waals surface area contributed by atoms with Gasteiger partial charge in [-0.1, -0.05) is 45.0 Å². The lowest BCUT2D eigenvalue weighted by atomic mass is 10.1. The van der Waals surface area contributed by atoms with Gasteiger partial charge in [0.1, 0.15) is 0 Å². The van der Waals surface area contributed by atoms with E-state index in [2.05, 4.69) is 57.7 Å². The molecular formula is C13H20S. The second-order valence-corrected chi connectivity index (χ2v) is 6.13. The van der Waals surface area contributed by atoms with E-state index in [1.54, 1.807) is 11.1 Å². The number of thiol groups is 1. The van der Waals surface area contributed by atoms with Gasteiger partial charge < -0.3 is 0 Å². The van der Waals surface area contributed by atoms with Gasteiger partial charge in [-0.05, 0) is 30.4 Å². The monoisotopic (exact) mass is 208 g/mol. The van der Waals surface area contributed by atoms with Crippen molar-refractivity contribution in [3.05, 3.63) is 35.4 Å². The van der Waals surface area contributed by atoms with Crippen LogP contribution in [0.5, 0.6) is 0 Å². The zero-order valence-electron chi connectivity index (χ0n) is 9.38. The van der Waals surface area contributed by atoms with Gasteiger partial charge in [0.2, 0.25) is 0 Å². The molecule has 0 aliphatic heterocycles. The van der Waals surface area contributed by atoms with Crippen molar-refractivity contribution >= 4 is 12.6 Å². The van der Waals surface area contributed by atoms with Crippen LogP contribution in [0, 0.1) is 0 Å². The van der Waals surface area contributed by atoms with Gasteiger partial charge in [0, 0.05) is 4.75 Å². The Balaban J connectivity index is 0.000000171. The summed E-state index contributed by atoms with van der Waals surface area (Å²) in [5.74, 6) is 0. The van der Waals surface area contributed by atoms with Crippen LogP contribution >= 0.6 is 12.6 Å². The van der Waals surface area contributed by atoms with E-state index in [0.717, 1.165) is 0 Å². The highest BCUT2D eigenvalue weighted by Gasteiger charge is 2.07. The van der Waals surface area contributed by atoms with Gasteiger partial charge in [-0.25, -0.2) is 0 Å². The zero-order valence-corrected chi connectivity index (χ0v) is 10.3. The summed E-state index contributed by atoms with van der Waals surface area (Å²) in [4.78, 5) is 0. The van der Waals surface area contributed by atoms with Crippen molar-refractivity contribution < 1.29 is 0 Å². The fourth-order valence-corrected chi connectivity index (χ4v) is 1.51. The van der Waals surface area contributed by atoms with Gasteiger partial charge in [-0.3, -0.25) is 0 Å².